The van der Waals surface area contributed by atoms with Crippen LogP contribution in [0.1, 0.15) is 40.2 Å². The SMILES string of the molecule is CCOC(=O)C(OCc1ccc(OC)cc1)C1C(=O)c2ccc(Cl)cc2[C@H](Br)[C@@H]1C. The van der Waals surface area contributed by atoms with Gasteiger partial charge in [0.05, 0.1) is 26.2 Å². The van der Waals surface area contributed by atoms with Crippen molar-refractivity contribution >= 4 is 39.3 Å². The van der Waals surface area contributed by atoms with Crippen LogP contribution in [0.25, 0.3) is 0 Å². The Bertz CT molecular complexity index is 914. The van der Waals surface area contributed by atoms with Crippen molar-refractivity contribution in [1.29, 1.82) is 0 Å². The van der Waals surface area contributed by atoms with Gasteiger partial charge in [-0.1, -0.05) is 46.6 Å². The van der Waals surface area contributed by atoms with E-state index >= 15 is 0 Å². The number of rotatable bonds is 7. The third-order valence-electron chi connectivity index (χ3n) is 5.34. The third kappa shape index (κ3) is 4.71. The molecule has 7 heteroatoms. The summed E-state index contributed by atoms with van der Waals surface area (Å²) in [7, 11) is 1.60. The summed E-state index contributed by atoms with van der Waals surface area (Å²) in [6.45, 7) is 4.04. The van der Waals surface area contributed by atoms with Crippen LogP contribution in [0.4, 0.5) is 0 Å². The molecule has 1 aliphatic rings. The predicted octanol–water partition coefficient (Wildman–Crippen LogP) is 5.38. The van der Waals surface area contributed by atoms with Crippen molar-refractivity contribution in [3.63, 3.8) is 0 Å². The molecule has 0 bridgehead atoms. The summed E-state index contributed by atoms with van der Waals surface area (Å²) in [5.74, 6) is -0.825. The fourth-order valence-electron chi connectivity index (χ4n) is 3.73. The minimum atomic E-state index is -1.02. The van der Waals surface area contributed by atoms with E-state index in [9.17, 15) is 9.59 Å². The van der Waals surface area contributed by atoms with Gasteiger partial charge in [0, 0.05) is 15.4 Å². The highest BCUT2D eigenvalue weighted by atomic mass is 79.9. The number of halogens is 2. The van der Waals surface area contributed by atoms with Crippen LogP contribution in [-0.4, -0.2) is 31.6 Å². The van der Waals surface area contributed by atoms with Crippen LogP contribution in [0.5, 0.6) is 5.75 Å². The molecule has 0 fully saturated rings. The highest BCUT2D eigenvalue weighted by Crippen LogP contribution is 2.46. The Kier molecular flexibility index (Phi) is 7.55. The maximum Gasteiger partial charge on any atom is 0.336 e. The van der Waals surface area contributed by atoms with E-state index in [0.29, 0.717) is 10.6 Å². The largest absolute Gasteiger partial charge is 0.497 e. The van der Waals surface area contributed by atoms with Gasteiger partial charge in [-0.15, -0.1) is 0 Å². The average molecular weight is 496 g/mol. The molecule has 0 radical (unpaired) electrons. The number of hydrogen-bond acceptors (Lipinski definition) is 5. The Morgan fingerprint density at radius 2 is 1.90 bits per heavy atom. The van der Waals surface area contributed by atoms with Crippen molar-refractivity contribution in [2.24, 2.45) is 11.8 Å². The molecule has 2 aromatic carbocycles. The first-order chi connectivity index (χ1) is 14.4. The van der Waals surface area contributed by atoms with Gasteiger partial charge < -0.3 is 14.2 Å². The maximum atomic E-state index is 13.4. The summed E-state index contributed by atoms with van der Waals surface area (Å²) in [4.78, 5) is 26.0. The summed E-state index contributed by atoms with van der Waals surface area (Å²) in [6, 6.07) is 12.5. The molecule has 160 valence electrons. The highest BCUT2D eigenvalue weighted by Gasteiger charge is 2.46. The third-order valence-corrected chi connectivity index (χ3v) is 6.90. The number of carbonyl (C=O) groups excluding carboxylic acids is 2. The second-order valence-corrected chi connectivity index (χ2v) is 8.64. The van der Waals surface area contributed by atoms with Crippen LogP contribution in [-0.2, 0) is 20.9 Å². The molecule has 5 nitrogen and oxygen atoms in total. The smallest absolute Gasteiger partial charge is 0.336 e. The number of benzene rings is 2. The first-order valence-corrected chi connectivity index (χ1v) is 11.1. The topological polar surface area (TPSA) is 61.8 Å². The molecule has 0 spiro atoms. The number of alkyl halides is 1. The van der Waals surface area contributed by atoms with Gasteiger partial charge in [-0.25, -0.2) is 4.79 Å². The number of methoxy groups -OCH3 is 1. The molecule has 0 aromatic heterocycles. The molecule has 0 saturated carbocycles. The summed E-state index contributed by atoms with van der Waals surface area (Å²) in [5.41, 5.74) is 2.24. The monoisotopic (exact) mass is 494 g/mol. The zero-order valence-corrected chi connectivity index (χ0v) is 19.4. The summed E-state index contributed by atoms with van der Waals surface area (Å²) in [6.07, 6.45) is -1.02. The van der Waals surface area contributed by atoms with Crippen molar-refractivity contribution in [1.82, 2.24) is 0 Å². The fourth-order valence-corrected chi connectivity index (χ4v) is 4.62. The first-order valence-electron chi connectivity index (χ1n) is 9.76. The van der Waals surface area contributed by atoms with Gasteiger partial charge in [-0.05, 0) is 54.3 Å². The van der Waals surface area contributed by atoms with Crippen molar-refractivity contribution in [3.05, 3.63) is 64.2 Å². The lowest BCUT2D eigenvalue weighted by molar-refractivity contribution is -0.162. The van der Waals surface area contributed by atoms with E-state index in [-0.39, 0.29) is 29.7 Å². The van der Waals surface area contributed by atoms with E-state index < -0.39 is 18.0 Å². The van der Waals surface area contributed by atoms with Gasteiger partial charge in [-0.2, -0.15) is 0 Å². The minimum absolute atomic E-state index is 0.141. The predicted molar refractivity (Wildman–Crippen MR) is 118 cm³/mol. The zero-order valence-electron chi connectivity index (χ0n) is 17.1. The Labute approximate surface area is 189 Å². The Balaban J connectivity index is 1.89. The summed E-state index contributed by atoms with van der Waals surface area (Å²) in [5, 5.41) is 0.564. The van der Waals surface area contributed by atoms with Crippen molar-refractivity contribution < 1.29 is 23.8 Å². The number of Topliss-reactive ketones (excluding diaryl/α,β-unsaturated/α-hetero) is 1. The van der Waals surface area contributed by atoms with Crippen molar-refractivity contribution in [2.45, 2.75) is 31.4 Å². The van der Waals surface area contributed by atoms with E-state index in [4.69, 9.17) is 25.8 Å². The molecule has 2 aromatic rings. The molecule has 0 saturated heterocycles. The first kappa shape index (κ1) is 22.8. The van der Waals surface area contributed by atoms with E-state index in [0.717, 1.165) is 16.9 Å². The minimum Gasteiger partial charge on any atom is -0.497 e. The van der Waals surface area contributed by atoms with Gasteiger partial charge in [-0.3, -0.25) is 4.79 Å². The fraction of sp³-hybridized carbons (Fsp3) is 0.391. The molecule has 2 unspecified atom stereocenters. The van der Waals surface area contributed by atoms with Gasteiger partial charge in [0.2, 0.25) is 0 Å². The summed E-state index contributed by atoms with van der Waals surface area (Å²) >= 11 is 9.82. The van der Waals surface area contributed by atoms with Crippen LogP contribution in [0.3, 0.4) is 0 Å². The molecule has 30 heavy (non-hydrogen) atoms. The molecular weight excluding hydrogens is 472 g/mol. The van der Waals surface area contributed by atoms with Gasteiger partial charge in [0.25, 0.3) is 0 Å². The number of ether oxygens (including phenoxy) is 3. The zero-order chi connectivity index (χ0) is 21.8. The van der Waals surface area contributed by atoms with E-state index in [1.165, 1.54) is 0 Å². The van der Waals surface area contributed by atoms with Gasteiger partial charge in [0.1, 0.15) is 5.75 Å². The number of ketones is 1. The van der Waals surface area contributed by atoms with Crippen molar-refractivity contribution in [2.75, 3.05) is 13.7 Å². The van der Waals surface area contributed by atoms with Crippen LogP contribution in [0.15, 0.2) is 42.5 Å². The molecule has 0 N–H and O–H groups in total. The Hall–Kier alpha value is -1.89. The standard InChI is InChI=1S/C23H24BrClO5/c1-4-29-23(27)22(30-12-14-5-8-16(28-3)9-6-14)19-13(2)20(24)18-11-15(25)7-10-17(18)21(19)26/h5-11,13,19-20,22H,4,12H2,1-3H3/t13-,19?,20-,22?/m1/s1. The lowest BCUT2D eigenvalue weighted by Gasteiger charge is -2.37. The van der Waals surface area contributed by atoms with Crippen LogP contribution >= 0.6 is 27.5 Å². The lowest BCUT2D eigenvalue weighted by Crippen LogP contribution is -2.45. The van der Waals surface area contributed by atoms with Gasteiger partial charge in [0.15, 0.2) is 11.9 Å². The van der Waals surface area contributed by atoms with E-state index in [2.05, 4.69) is 15.9 Å². The van der Waals surface area contributed by atoms with Crippen LogP contribution < -0.4 is 4.74 Å². The molecule has 1 aliphatic carbocycles. The molecular formula is C23H24BrClO5. The normalized spacial score (nSPS) is 21.6. The van der Waals surface area contributed by atoms with Crippen LogP contribution in [0, 0.1) is 11.8 Å². The Morgan fingerprint density at radius 1 is 1.20 bits per heavy atom. The van der Waals surface area contributed by atoms with E-state index in [1.807, 2.05) is 31.2 Å². The Morgan fingerprint density at radius 3 is 2.53 bits per heavy atom. The number of fused-ring (bicyclic) bond motifs is 1. The number of carbonyl (C=O) groups is 2. The lowest BCUT2D eigenvalue weighted by atomic mass is 9.73. The summed E-state index contributed by atoms with van der Waals surface area (Å²) < 4.78 is 16.4. The molecule has 3 rings (SSSR count). The average Bonchev–Trinajstić information content (AvgIpc) is 2.74. The number of esters is 1. The number of hydrogen-bond donors (Lipinski definition) is 0. The molecule has 4 atom stereocenters. The molecule has 0 amide bonds. The highest BCUT2D eigenvalue weighted by molar-refractivity contribution is 9.09. The van der Waals surface area contributed by atoms with Gasteiger partial charge >= 0.3 is 5.97 Å². The van der Waals surface area contributed by atoms with Crippen LogP contribution in [0.2, 0.25) is 5.02 Å². The maximum absolute atomic E-state index is 13.4. The molecule has 0 heterocycles. The van der Waals surface area contributed by atoms with Crippen molar-refractivity contribution in [3.8, 4) is 5.75 Å². The quantitative estimate of drug-likeness (QED) is 0.381. The second kappa shape index (κ2) is 9.94. The second-order valence-electron chi connectivity index (χ2n) is 7.21. The van der Waals surface area contributed by atoms with E-state index in [1.54, 1.807) is 32.2 Å². The molecule has 0 aliphatic heterocycles.